The predicted octanol–water partition coefficient (Wildman–Crippen LogP) is 1.16. The van der Waals surface area contributed by atoms with Gasteiger partial charge in [-0.3, -0.25) is 0 Å². The molecule has 2 heterocycles. The second-order valence-corrected chi connectivity index (χ2v) is 9.56. The Bertz CT molecular complexity index is 1120. The number of benzene rings is 1. The number of anilines is 1. The van der Waals surface area contributed by atoms with E-state index in [0.717, 1.165) is 42.5 Å². The minimum absolute atomic E-state index is 0.0499. The van der Waals surface area contributed by atoms with Gasteiger partial charge < -0.3 is 15.2 Å². The maximum absolute atomic E-state index is 13.0. The van der Waals surface area contributed by atoms with Crippen molar-refractivity contribution in [2.45, 2.75) is 49.6 Å². The van der Waals surface area contributed by atoms with Crippen molar-refractivity contribution in [2.75, 3.05) is 11.9 Å². The number of carbonyl (C=O) groups is 1. The molecule has 0 bridgehead atoms. The molecule has 2 amide bonds. The first kappa shape index (κ1) is 17.7. The molecule has 3 aliphatic rings. The van der Waals surface area contributed by atoms with Crippen LogP contribution in [0.15, 0.2) is 21.5 Å². The smallest absolute Gasteiger partial charge is 0.354 e. The number of hydrogen-bond acceptors (Lipinski definition) is 5. The molecular weight excluding hydrogens is 382 g/mol. The average molecular weight is 403 g/mol. The van der Waals surface area contributed by atoms with Crippen LogP contribution in [0.1, 0.15) is 29.2 Å². The number of carbonyl (C=O) groups excluding carboxylic acids is 1. The van der Waals surface area contributed by atoms with Gasteiger partial charge in [0, 0.05) is 5.69 Å². The number of aromatic nitrogens is 2. The van der Waals surface area contributed by atoms with Crippen LogP contribution in [0.25, 0.3) is 0 Å². The molecule has 10 heteroatoms. The van der Waals surface area contributed by atoms with Crippen LogP contribution in [0.4, 0.5) is 10.5 Å². The van der Waals surface area contributed by atoms with Gasteiger partial charge in [-0.05, 0) is 54.9 Å². The van der Waals surface area contributed by atoms with Crippen molar-refractivity contribution in [2.24, 2.45) is 9.50 Å². The molecule has 0 radical (unpaired) electrons. The molecule has 2 aromatic rings. The number of aliphatic hydroxyl groups is 1. The molecule has 9 nitrogen and oxygen atoms in total. The van der Waals surface area contributed by atoms with Crippen molar-refractivity contribution in [3.8, 4) is 5.88 Å². The molecule has 5 rings (SSSR count). The Morgan fingerprint density at radius 2 is 2.07 bits per heavy atom. The first-order valence-electron chi connectivity index (χ1n) is 9.18. The van der Waals surface area contributed by atoms with Gasteiger partial charge in [0.2, 0.25) is 5.88 Å². The van der Waals surface area contributed by atoms with E-state index in [1.165, 1.54) is 22.0 Å². The van der Waals surface area contributed by atoms with E-state index in [1.54, 1.807) is 6.92 Å². The summed E-state index contributed by atoms with van der Waals surface area (Å²) < 4.78 is 23.9. The summed E-state index contributed by atoms with van der Waals surface area (Å²) >= 11 is 0. The highest BCUT2D eigenvalue weighted by Gasteiger charge is 2.39. The minimum Gasteiger partial charge on any atom is -0.466 e. The molecule has 0 saturated heterocycles. The fourth-order valence-corrected chi connectivity index (χ4v) is 4.95. The lowest BCUT2D eigenvalue weighted by atomic mass is 9.76. The van der Waals surface area contributed by atoms with E-state index in [-0.39, 0.29) is 17.4 Å². The number of nitrogens with zero attached hydrogens (tertiary/aromatic N) is 3. The Balaban J connectivity index is 1.45. The molecule has 0 unspecified atom stereocenters. The van der Waals surface area contributed by atoms with Crippen molar-refractivity contribution >= 4 is 21.6 Å². The topological polar surface area (TPSA) is 132 Å². The zero-order valence-electron chi connectivity index (χ0n) is 15.4. The number of hydrogen-bond donors (Lipinski definition) is 3. The van der Waals surface area contributed by atoms with E-state index in [9.17, 15) is 14.1 Å². The molecule has 2 atom stereocenters. The zero-order valence-corrected chi connectivity index (χ0v) is 16.2. The summed E-state index contributed by atoms with van der Waals surface area (Å²) in [5.74, 6) is 0.175. The van der Waals surface area contributed by atoms with Crippen molar-refractivity contribution in [3.05, 3.63) is 34.5 Å². The van der Waals surface area contributed by atoms with Crippen LogP contribution in [0.5, 0.6) is 5.88 Å². The minimum atomic E-state index is -3.56. The molecule has 28 heavy (non-hydrogen) atoms. The molecule has 4 N–H and O–H groups in total. The number of rotatable bonds is 3. The van der Waals surface area contributed by atoms with Crippen LogP contribution in [-0.4, -0.2) is 37.3 Å². The maximum Gasteiger partial charge on any atom is 0.354 e. The third kappa shape index (κ3) is 2.55. The second kappa shape index (κ2) is 5.79. The molecule has 0 spiro atoms. The first-order chi connectivity index (χ1) is 13.3. The molecule has 2 aliphatic carbocycles. The number of nitrogens with two attached hydrogens (primary N) is 1. The van der Waals surface area contributed by atoms with Crippen LogP contribution in [0.3, 0.4) is 0 Å². The number of aryl methyl sites for hydroxylation is 2. The van der Waals surface area contributed by atoms with E-state index in [0.29, 0.717) is 6.54 Å². The van der Waals surface area contributed by atoms with Gasteiger partial charge in [0.05, 0.1) is 19.3 Å². The monoisotopic (exact) mass is 403 g/mol. The third-order valence-corrected chi connectivity index (χ3v) is 7.05. The lowest BCUT2D eigenvalue weighted by molar-refractivity contribution is 0.0399. The summed E-state index contributed by atoms with van der Waals surface area (Å²) in [5, 5.41) is 22.3. The molecule has 148 valence electrons. The van der Waals surface area contributed by atoms with Gasteiger partial charge >= 0.3 is 6.03 Å². The SMILES string of the molecule is C[C@]1(CO)Cn2ncc([S@](N)(=O)=NC(=O)Nc3c4c(cc5c3CC5)CC4)c2O1. The van der Waals surface area contributed by atoms with E-state index in [1.807, 2.05) is 0 Å². The molecule has 1 aromatic carbocycles. The molecule has 1 aromatic heterocycles. The summed E-state index contributed by atoms with van der Waals surface area (Å²) in [7, 11) is -3.56. The summed E-state index contributed by atoms with van der Waals surface area (Å²) in [6.45, 7) is 1.77. The fraction of sp³-hybridized carbons (Fsp3) is 0.444. The summed E-state index contributed by atoms with van der Waals surface area (Å²) in [4.78, 5) is 12.6. The van der Waals surface area contributed by atoms with Crippen LogP contribution in [0.2, 0.25) is 0 Å². The predicted molar refractivity (Wildman–Crippen MR) is 102 cm³/mol. The van der Waals surface area contributed by atoms with E-state index in [4.69, 9.17) is 9.88 Å². The van der Waals surface area contributed by atoms with Crippen LogP contribution >= 0.6 is 0 Å². The van der Waals surface area contributed by atoms with E-state index >= 15 is 0 Å². The summed E-state index contributed by atoms with van der Waals surface area (Å²) in [5.41, 5.74) is 4.73. The summed E-state index contributed by atoms with van der Waals surface area (Å²) in [6.07, 6.45) is 5.16. The Kier molecular flexibility index (Phi) is 3.65. The Morgan fingerprint density at radius 1 is 1.39 bits per heavy atom. The van der Waals surface area contributed by atoms with Crippen molar-refractivity contribution in [3.63, 3.8) is 0 Å². The van der Waals surface area contributed by atoms with Gasteiger partial charge in [0.15, 0.2) is 15.5 Å². The van der Waals surface area contributed by atoms with Crippen molar-refractivity contribution < 1.29 is 18.8 Å². The number of amides is 2. The van der Waals surface area contributed by atoms with Gasteiger partial charge in [0.1, 0.15) is 4.90 Å². The van der Waals surface area contributed by atoms with Gasteiger partial charge in [-0.15, -0.1) is 4.36 Å². The van der Waals surface area contributed by atoms with E-state index in [2.05, 4.69) is 20.8 Å². The average Bonchev–Trinajstić information content (AvgIpc) is 3.08. The summed E-state index contributed by atoms with van der Waals surface area (Å²) in [6, 6.07) is 1.46. The highest BCUT2D eigenvalue weighted by atomic mass is 32.2. The number of ether oxygens (including phenoxy) is 1. The van der Waals surface area contributed by atoms with Gasteiger partial charge in [-0.25, -0.2) is 18.8 Å². The standard InChI is InChI=1S/C18H21N5O4S/c1-18(9-24)8-23-16(27-18)14(7-20-23)28(19,26)22-17(25)21-15-12-4-2-10(12)6-11-3-5-13(11)15/h6-7,24H,2-5,8-9H2,1H3,(H3,19,21,22,25,26)/t18-,28-/m1/s1. The Morgan fingerprint density at radius 3 is 2.64 bits per heavy atom. The number of aliphatic hydroxyl groups excluding tert-OH is 1. The van der Waals surface area contributed by atoms with Crippen LogP contribution < -0.4 is 15.2 Å². The number of urea groups is 1. The lowest BCUT2D eigenvalue weighted by Crippen LogP contribution is -2.35. The van der Waals surface area contributed by atoms with E-state index < -0.39 is 21.5 Å². The van der Waals surface area contributed by atoms with Gasteiger partial charge in [0.25, 0.3) is 0 Å². The molecular formula is C18H21N5O4S. The Hall–Kier alpha value is -2.43. The van der Waals surface area contributed by atoms with Gasteiger partial charge in [-0.1, -0.05) is 6.07 Å². The largest absolute Gasteiger partial charge is 0.466 e. The number of nitrogens with one attached hydrogen (secondary N) is 1. The quantitative estimate of drug-likeness (QED) is 0.707. The fourth-order valence-electron chi connectivity index (χ4n) is 3.96. The first-order valence-corrected chi connectivity index (χ1v) is 10.8. The highest BCUT2D eigenvalue weighted by molar-refractivity contribution is 7.91. The van der Waals surface area contributed by atoms with Crippen molar-refractivity contribution in [1.29, 1.82) is 0 Å². The van der Waals surface area contributed by atoms with Crippen LogP contribution in [0, 0.1) is 0 Å². The maximum atomic E-state index is 13.0. The molecule has 0 saturated carbocycles. The normalized spacial score (nSPS) is 23.2. The zero-order chi connectivity index (χ0) is 19.7. The number of fused-ring (bicyclic) bond motifs is 3. The van der Waals surface area contributed by atoms with Gasteiger partial charge in [-0.2, -0.15) is 5.10 Å². The molecule has 1 aliphatic heterocycles. The van der Waals surface area contributed by atoms with Crippen molar-refractivity contribution in [1.82, 2.24) is 9.78 Å². The highest BCUT2D eigenvalue weighted by Crippen LogP contribution is 2.41. The lowest BCUT2D eigenvalue weighted by Gasteiger charge is -2.31. The third-order valence-electron chi connectivity index (χ3n) is 5.70. The Labute approximate surface area is 162 Å². The molecule has 0 fully saturated rings. The van der Waals surface area contributed by atoms with Crippen LogP contribution in [-0.2, 0) is 42.1 Å². The second-order valence-electron chi connectivity index (χ2n) is 7.80.